The van der Waals surface area contributed by atoms with Gasteiger partial charge >= 0.3 is 6.18 Å². The molecule has 9 heteroatoms. The van der Waals surface area contributed by atoms with Crippen LogP contribution in [-0.2, 0) is 12.1 Å². The first-order valence-electron chi connectivity index (χ1n) is 10.5. The normalized spacial score (nSPS) is 14.1. The van der Waals surface area contributed by atoms with Gasteiger partial charge in [-0.15, -0.1) is 0 Å². The van der Waals surface area contributed by atoms with E-state index < -0.39 is 17.6 Å². The fourth-order valence-corrected chi connectivity index (χ4v) is 4.35. The standard InChI is InChI=1S/C25H19F4N3O2/c26-18-6-8-19(9-7-18)32-22-10-5-17(13-16(22)14-30-32)24(34,25(27,28)29)21-15-31(11-12-33)23-4-2-1-3-20(21)23/h1-10,13-15,33-34H,11-12H2. The first-order chi connectivity index (χ1) is 16.2. The molecule has 34 heavy (non-hydrogen) atoms. The van der Waals surface area contributed by atoms with Crippen molar-refractivity contribution in [1.82, 2.24) is 14.3 Å². The van der Waals surface area contributed by atoms with Crippen LogP contribution in [0.25, 0.3) is 27.5 Å². The summed E-state index contributed by atoms with van der Waals surface area (Å²) in [6.07, 6.45) is -2.41. The van der Waals surface area contributed by atoms with Crippen molar-refractivity contribution in [1.29, 1.82) is 0 Å². The largest absolute Gasteiger partial charge is 0.425 e. The van der Waals surface area contributed by atoms with E-state index >= 15 is 0 Å². The van der Waals surface area contributed by atoms with Crippen LogP contribution in [0.1, 0.15) is 11.1 Å². The van der Waals surface area contributed by atoms with Gasteiger partial charge in [-0.3, -0.25) is 0 Å². The molecule has 0 aliphatic carbocycles. The number of hydrogen-bond donors (Lipinski definition) is 2. The Hall–Kier alpha value is -3.69. The molecule has 5 rings (SSSR count). The lowest BCUT2D eigenvalue weighted by Gasteiger charge is -2.31. The van der Waals surface area contributed by atoms with E-state index in [0.717, 1.165) is 0 Å². The van der Waals surface area contributed by atoms with Gasteiger partial charge in [-0.1, -0.05) is 24.3 Å². The van der Waals surface area contributed by atoms with Crippen molar-refractivity contribution < 1.29 is 27.8 Å². The lowest BCUT2D eigenvalue weighted by Crippen LogP contribution is -2.43. The van der Waals surface area contributed by atoms with Gasteiger partial charge in [-0.25, -0.2) is 9.07 Å². The first-order valence-corrected chi connectivity index (χ1v) is 10.5. The Morgan fingerprint density at radius 3 is 2.35 bits per heavy atom. The van der Waals surface area contributed by atoms with Crippen LogP contribution in [0, 0.1) is 5.82 Å². The zero-order valence-electron chi connectivity index (χ0n) is 17.7. The van der Waals surface area contributed by atoms with Gasteiger partial charge < -0.3 is 14.8 Å². The highest BCUT2D eigenvalue weighted by Crippen LogP contribution is 2.47. The number of rotatable bonds is 5. The van der Waals surface area contributed by atoms with Crippen molar-refractivity contribution in [2.75, 3.05) is 6.61 Å². The third-order valence-electron chi connectivity index (χ3n) is 5.99. The Morgan fingerprint density at radius 2 is 1.65 bits per heavy atom. The highest BCUT2D eigenvalue weighted by molar-refractivity contribution is 5.87. The summed E-state index contributed by atoms with van der Waals surface area (Å²) in [5.41, 5.74) is -2.48. The van der Waals surface area contributed by atoms with Gasteiger partial charge in [-0.2, -0.15) is 18.3 Å². The maximum Gasteiger partial charge on any atom is 0.425 e. The van der Waals surface area contributed by atoms with Crippen molar-refractivity contribution in [2.24, 2.45) is 0 Å². The van der Waals surface area contributed by atoms with Crippen molar-refractivity contribution in [3.8, 4) is 5.69 Å². The predicted octanol–water partition coefficient (Wildman–Crippen LogP) is 4.91. The summed E-state index contributed by atoms with van der Waals surface area (Å²) >= 11 is 0. The molecular formula is C25H19F4N3O2. The van der Waals surface area contributed by atoms with Crippen molar-refractivity contribution in [2.45, 2.75) is 18.3 Å². The van der Waals surface area contributed by atoms with Crippen molar-refractivity contribution >= 4 is 21.8 Å². The lowest BCUT2D eigenvalue weighted by atomic mass is 9.85. The van der Waals surface area contributed by atoms with Crippen molar-refractivity contribution in [3.05, 3.63) is 96.1 Å². The summed E-state index contributed by atoms with van der Waals surface area (Å²) in [5.74, 6) is -0.418. The molecule has 0 spiro atoms. The molecule has 0 saturated carbocycles. The number of fused-ring (bicyclic) bond motifs is 2. The number of aliphatic hydroxyl groups is 2. The minimum atomic E-state index is -5.04. The molecular weight excluding hydrogens is 450 g/mol. The third kappa shape index (κ3) is 3.36. The molecule has 0 bridgehead atoms. The van der Waals surface area contributed by atoms with E-state index in [1.54, 1.807) is 18.2 Å². The minimum absolute atomic E-state index is 0.0813. The minimum Gasteiger partial charge on any atom is -0.395 e. The van der Waals surface area contributed by atoms with E-state index in [0.29, 0.717) is 22.1 Å². The van der Waals surface area contributed by atoms with Gasteiger partial charge in [0.25, 0.3) is 0 Å². The Morgan fingerprint density at radius 1 is 0.912 bits per heavy atom. The van der Waals surface area contributed by atoms with Crippen LogP contribution < -0.4 is 0 Å². The van der Waals surface area contributed by atoms with Crippen LogP contribution in [0.2, 0.25) is 0 Å². The number of benzene rings is 3. The highest BCUT2D eigenvalue weighted by Gasteiger charge is 2.57. The Kier molecular flexibility index (Phi) is 5.18. The summed E-state index contributed by atoms with van der Waals surface area (Å²) < 4.78 is 59.9. The molecule has 0 radical (unpaired) electrons. The van der Waals surface area contributed by atoms with E-state index in [4.69, 9.17) is 0 Å². The number of aromatic nitrogens is 3. The van der Waals surface area contributed by atoms with Crippen LogP contribution in [0.5, 0.6) is 0 Å². The second-order valence-corrected chi connectivity index (χ2v) is 7.99. The Balaban J connectivity index is 1.70. The average Bonchev–Trinajstić information content (AvgIpc) is 3.40. The van der Waals surface area contributed by atoms with Crippen LogP contribution >= 0.6 is 0 Å². The molecule has 0 fully saturated rings. The molecule has 2 N–H and O–H groups in total. The molecule has 3 aromatic carbocycles. The fraction of sp³-hybridized carbons (Fsp3) is 0.160. The maximum absolute atomic E-state index is 14.5. The molecule has 1 unspecified atom stereocenters. The molecule has 5 nitrogen and oxygen atoms in total. The summed E-state index contributed by atoms with van der Waals surface area (Å²) in [6, 6.07) is 15.9. The molecule has 2 aromatic heterocycles. The molecule has 1 atom stereocenters. The van der Waals surface area contributed by atoms with Gasteiger partial charge in [0.05, 0.1) is 24.0 Å². The molecule has 174 valence electrons. The van der Waals surface area contributed by atoms with E-state index in [-0.39, 0.29) is 29.7 Å². The van der Waals surface area contributed by atoms with Gasteiger partial charge in [-0.05, 0) is 48.0 Å². The molecule has 0 saturated heterocycles. The monoisotopic (exact) mass is 469 g/mol. The highest BCUT2D eigenvalue weighted by atomic mass is 19.4. The topological polar surface area (TPSA) is 63.2 Å². The zero-order chi connectivity index (χ0) is 24.1. The van der Waals surface area contributed by atoms with Gasteiger partial charge in [0.2, 0.25) is 5.60 Å². The first kappa shape index (κ1) is 22.1. The number of hydrogen-bond acceptors (Lipinski definition) is 3. The second-order valence-electron chi connectivity index (χ2n) is 7.99. The molecule has 0 aliphatic heterocycles. The zero-order valence-corrected chi connectivity index (χ0v) is 17.7. The number of para-hydroxylation sites is 1. The van der Waals surface area contributed by atoms with E-state index in [1.807, 2.05) is 0 Å². The van der Waals surface area contributed by atoms with E-state index in [2.05, 4.69) is 5.10 Å². The fourth-order valence-electron chi connectivity index (χ4n) is 4.35. The maximum atomic E-state index is 14.5. The molecule has 0 amide bonds. The molecule has 0 aliphatic rings. The Bertz CT molecular complexity index is 1490. The number of alkyl halides is 3. The lowest BCUT2D eigenvalue weighted by molar-refractivity contribution is -0.247. The summed E-state index contributed by atoms with van der Waals surface area (Å²) in [4.78, 5) is 0. The Labute approximate surface area is 191 Å². The van der Waals surface area contributed by atoms with Gasteiger partial charge in [0, 0.05) is 34.6 Å². The van der Waals surface area contributed by atoms with E-state index in [1.165, 1.54) is 70.2 Å². The van der Waals surface area contributed by atoms with Crippen LogP contribution in [0.15, 0.2) is 79.1 Å². The van der Waals surface area contributed by atoms with Crippen LogP contribution in [-0.4, -0.2) is 37.3 Å². The molecule has 5 aromatic rings. The quantitative estimate of drug-likeness (QED) is 0.360. The van der Waals surface area contributed by atoms with E-state index in [9.17, 15) is 27.8 Å². The van der Waals surface area contributed by atoms with Crippen LogP contribution in [0.3, 0.4) is 0 Å². The summed E-state index contributed by atoms with van der Waals surface area (Å²) in [6.45, 7) is -0.185. The summed E-state index contributed by atoms with van der Waals surface area (Å²) in [5, 5.41) is 25.5. The SMILES string of the molecule is OCCn1cc(C(O)(c2ccc3c(cnn3-c3ccc(F)cc3)c2)C(F)(F)F)c2ccccc21. The number of nitrogens with zero attached hydrogens (tertiary/aromatic N) is 3. The third-order valence-corrected chi connectivity index (χ3v) is 5.99. The van der Waals surface area contributed by atoms with Crippen LogP contribution in [0.4, 0.5) is 17.6 Å². The number of aliphatic hydroxyl groups excluding tert-OH is 1. The molecule has 2 heterocycles. The second kappa shape index (κ2) is 7.96. The van der Waals surface area contributed by atoms with Gasteiger partial charge in [0.1, 0.15) is 5.82 Å². The van der Waals surface area contributed by atoms with Crippen molar-refractivity contribution in [3.63, 3.8) is 0 Å². The smallest absolute Gasteiger partial charge is 0.395 e. The van der Waals surface area contributed by atoms with Gasteiger partial charge in [0.15, 0.2) is 0 Å². The average molecular weight is 469 g/mol. The summed E-state index contributed by atoms with van der Waals surface area (Å²) in [7, 11) is 0. The number of halogens is 4. The predicted molar refractivity (Wildman–Crippen MR) is 119 cm³/mol.